The van der Waals surface area contributed by atoms with Gasteiger partial charge in [0.25, 0.3) is 0 Å². The van der Waals surface area contributed by atoms with Gasteiger partial charge in [0.1, 0.15) is 0 Å². The maximum Gasteiger partial charge on any atom is 0.242 e. The molecule has 144 valence electrons. The maximum atomic E-state index is 12.0. The van der Waals surface area contributed by atoms with Gasteiger partial charge in [0, 0.05) is 5.56 Å². The Morgan fingerprint density at radius 2 is 1.60 bits per heavy atom. The van der Waals surface area contributed by atoms with Gasteiger partial charge in [-0.15, -0.1) is 0 Å². The summed E-state index contributed by atoms with van der Waals surface area (Å²) in [5.41, 5.74) is 2.24. The molecule has 1 rings (SSSR count). The van der Waals surface area contributed by atoms with Crippen LogP contribution < -0.4 is 9.72 Å². The third-order valence-electron chi connectivity index (χ3n) is 5.30. The predicted octanol–water partition coefficient (Wildman–Crippen LogP) is 5.08. The van der Waals surface area contributed by atoms with Gasteiger partial charge in [0.15, 0.2) is 5.75 Å². The molecule has 0 spiro atoms. The summed E-state index contributed by atoms with van der Waals surface area (Å²) in [7, 11) is -3.43. The van der Waals surface area contributed by atoms with E-state index in [-0.39, 0.29) is 16.6 Å². The first-order valence-corrected chi connectivity index (χ1v) is 11.0. The average molecular weight is 370 g/mol. The second kappa shape index (κ2) is 8.54. The molecule has 0 saturated carbocycles. The van der Waals surface area contributed by atoms with E-state index in [0.29, 0.717) is 12.2 Å². The molecule has 5 heteroatoms. The van der Waals surface area contributed by atoms with Crippen molar-refractivity contribution in [2.24, 2.45) is 0 Å². The van der Waals surface area contributed by atoms with Crippen LogP contribution in [0.1, 0.15) is 85.3 Å². The van der Waals surface area contributed by atoms with E-state index in [2.05, 4.69) is 52.5 Å². The molecule has 1 aromatic carbocycles. The molecule has 25 heavy (non-hydrogen) atoms. The Balaban J connectivity index is 3.18. The zero-order valence-electron chi connectivity index (χ0n) is 16.9. The quantitative estimate of drug-likeness (QED) is 0.585. The summed E-state index contributed by atoms with van der Waals surface area (Å²) in [6.45, 7) is 15.0. The third kappa shape index (κ3) is 6.00. The fourth-order valence-corrected chi connectivity index (χ4v) is 3.42. The first-order valence-electron chi connectivity index (χ1n) is 9.30. The van der Waals surface area contributed by atoms with Crippen molar-refractivity contribution in [3.05, 3.63) is 29.3 Å². The van der Waals surface area contributed by atoms with Crippen LogP contribution in [0.2, 0.25) is 0 Å². The van der Waals surface area contributed by atoms with Gasteiger partial charge in [-0.05, 0) is 46.6 Å². The second-order valence-corrected chi connectivity index (χ2v) is 9.85. The lowest BCUT2D eigenvalue weighted by Crippen LogP contribution is -2.31. The fourth-order valence-electron chi connectivity index (χ4n) is 2.45. The van der Waals surface area contributed by atoms with Crippen LogP contribution in [0.5, 0.6) is 5.75 Å². The third-order valence-corrected chi connectivity index (χ3v) is 6.47. The number of nitrogens with one attached hydrogen (secondary N) is 1. The van der Waals surface area contributed by atoms with Crippen LogP contribution in [0.25, 0.3) is 0 Å². The summed E-state index contributed by atoms with van der Waals surface area (Å²) in [6, 6.07) is 6.10. The number of unbranched alkanes of at least 4 members (excludes halogenated alkanes) is 1. The zero-order valence-corrected chi connectivity index (χ0v) is 17.7. The highest BCUT2D eigenvalue weighted by Crippen LogP contribution is 2.38. The van der Waals surface area contributed by atoms with Crippen LogP contribution in [0, 0.1) is 0 Å². The topological polar surface area (TPSA) is 55.4 Å². The summed E-state index contributed by atoms with van der Waals surface area (Å²) < 4.78 is 24.1. The van der Waals surface area contributed by atoms with E-state index in [1.165, 1.54) is 5.56 Å². The van der Waals surface area contributed by atoms with Crippen molar-refractivity contribution in [3.8, 4) is 5.75 Å². The van der Waals surface area contributed by atoms with Crippen LogP contribution in [0.3, 0.4) is 0 Å². The molecular weight excluding hydrogens is 334 g/mol. The number of hydrogen-bond donors (Lipinski definition) is 1. The Hall–Kier alpha value is -1.07. The SMILES string of the molecule is CCCCS(=O)(=O)NOc1ccc(C(C)(C)CC)cc1C(C)(C)CC. The molecule has 0 atom stereocenters. The van der Waals surface area contributed by atoms with Gasteiger partial charge in [-0.25, -0.2) is 8.42 Å². The molecule has 0 unspecified atom stereocenters. The normalized spacial score (nSPS) is 13.1. The van der Waals surface area contributed by atoms with E-state index in [9.17, 15) is 8.42 Å². The van der Waals surface area contributed by atoms with Crippen LogP contribution in [0.15, 0.2) is 18.2 Å². The van der Waals surface area contributed by atoms with Gasteiger partial charge in [0.2, 0.25) is 10.0 Å². The van der Waals surface area contributed by atoms with Crippen LogP contribution in [0.4, 0.5) is 0 Å². The Morgan fingerprint density at radius 1 is 1.00 bits per heavy atom. The monoisotopic (exact) mass is 369 g/mol. The highest BCUT2D eigenvalue weighted by Gasteiger charge is 2.27. The molecule has 0 aromatic heterocycles. The standard InChI is InChI=1S/C20H35NO3S/c1-8-11-14-25(22,23)21-24-18-13-12-16(19(4,5)9-2)15-17(18)20(6,7)10-3/h12-13,15,21H,8-11,14H2,1-7H3. The number of sulfonamides is 1. The average Bonchev–Trinajstić information content (AvgIpc) is 2.58. The van der Waals surface area contributed by atoms with Crippen molar-refractivity contribution in [2.75, 3.05) is 5.75 Å². The summed E-state index contributed by atoms with van der Waals surface area (Å²) >= 11 is 0. The molecule has 4 nitrogen and oxygen atoms in total. The smallest absolute Gasteiger partial charge is 0.242 e. The molecule has 1 N–H and O–H groups in total. The molecule has 0 radical (unpaired) electrons. The van der Waals surface area contributed by atoms with Gasteiger partial charge in [-0.1, -0.05) is 67.0 Å². The molecule has 0 aliphatic carbocycles. The van der Waals surface area contributed by atoms with Crippen molar-refractivity contribution >= 4 is 10.0 Å². The minimum absolute atomic E-state index is 0.0672. The van der Waals surface area contributed by atoms with Crippen molar-refractivity contribution in [2.45, 2.75) is 85.0 Å². The van der Waals surface area contributed by atoms with Gasteiger partial charge in [-0.3, -0.25) is 0 Å². The Labute approximate surface area is 154 Å². The Bertz CT molecular complexity index is 664. The first kappa shape index (κ1) is 22.0. The van der Waals surface area contributed by atoms with Crippen molar-refractivity contribution in [1.82, 2.24) is 4.89 Å². The fraction of sp³-hybridized carbons (Fsp3) is 0.700. The lowest BCUT2D eigenvalue weighted by Gasteiger charge is -2.30. The minimum atomic E-state index is -3.43. The summed E-state index contributed by atoms with van der Waals surface area (Å²) in [6.07, 6.45) is 3.41. The van der Waals surface area contributed by atoms with Crippen molar-refractivity contribution in [1.29, 1.82) is 0 Å². The number of hydrogen-bond acceptors (Lipinski definition) is 3. The molecule has 0 aliphatic rings. The molecule has 0 saturated heterocycles. The second-order valence-electron chi connectivity index (χ2n) is 8.04. The van der Waals surface area contributed by atoms with Gasteiger partial charge in [0.05, 0.1) is 5.75 Å². The number of benzene rings is 1. The van der Waals surface area contributed by atoms with E-state index >= 15 is 0 Å². The molecule has 0 aliphatic heterocycles. The molecule has 0 amide bonds. The van der Waals surface area contributed by atoms with E-state index in [0.717, 1.165) is 24.8 Å². The Morgan fingerprint density at radius 3 is 2.12 bits per heavy atom. The minimum Gasteiger partial charge on any atom is -0.394 e. The summed E-state index contributed by atoms with van der Waals surface area (Å²) in [4.78, 5) is 7.84. The first-order chi connectivity index (χ1) is 11.5. The van der Waals surface area contributed by atoms with E-state index < -0.39 is 10.0 Å². The zero-order chi connectivity index (χ0) is 19.3. The van der Waals surface area contributed by atoms with Gasteiger partial charge < -0.3 is 4.84 Å². The Kier molecular flexibility index (Phi) is 7.51. The van der Waals surface area contributed by atoms with E-state index in [4.69, 9.17) is 4.84 Å². The molecule has 0 fully saturated rings. The van der Waals surface area contributed by atoms with Gasteiger partial charge >= 0.3 is 0 Å². The largest absolute Gasteiger partial charge is 0.394 e. The highest BCUT2D eigenvalue weighted by atomic mass is 32.2. The van der Waals surface area contributed by atoms with Crippen molar-refractivity contribution in [3.63, 3.8) is 0 Å². The van der Waals surface area contributed by atoms with Crippen LogP contribution >= 0.6 is 0 Å². The lowest BCUT2D eigenvalue weighted by molar-refractivity contribution is 0.260. The maximum absolute atomic E-state index is 12.0. The van der Waals surface area contributed by atoms with E-state index in [1.807, 2.05) is 19.1 Å². The highest BCUT2D eigenvalue weighted by molar-refractivity contribution is 7.89. The molecule has 0 bridgehead atoms. The summed E-state index contributed by atoms with van der Waals surface area (Å²) in [5, 5.41) is 0. The lowest BCUT2D eigenvalue weighted by atomic mass is 9.76. The molecule has 1 aromatic rings. The molecule has 0 heterocycles. The summed E-state index contributed by atoms with van der Waals surface area (Å²) in [5.74, 6) is 0.666. The van der Waals surface area contributed by atoms with Crippen molar-refractivity contribution < 1.29 is 13.3 Å². The molecular formula is C20H35NO3S. The van der Waals surface area contributed by atoms with E-state index in [1.54, 1.807) is 0 Å². The number of rotatable bonds is 10. The van der Waals surface area contributed by atoms with Crippen LogP contribution in [-0.4, -0.2) is 14.2 Å². The predicted molar refractivity (Wildman–Crippen MR) is 106 cm³/mol. The van der Waals surface area contributed by atoms with Crippen LogP contribution in [-0.2, 0) is 20.9 Å². The van der Waals surface area contributed by atoms with Gasteiger partial charge in [-0.2, -0.15) is 0 Å².